The highest BCUT2D eigenvalue weighted by Gasteiger charge is 2.23. The van der Waals surface area contributed by atoms with E-state index in [2.05, 4.69) is 27.4 Å². The standard InChI is InChI=1S/C25H22F2N4OS/c1-15-13-31(14-16-8-17(26)10-18(27)9-16)23-11-19(6-7-24(23)33-15)29-25(32)30-22-12-28-21-5-3-2-4-20(21)22/h2-12,15,28H,13-14H2,1H3,(H2,29,30,32). The minimum Gasteiger partial charge on any atom is -0.365 e. The monoisotopic (exact) mass is 464 g/mol. The van der Waals surface area contributed by atoms with E-state index in [1.807, 2.05) is 42.5 Å². The Kier molecular flexibility index (Phi) is 5.68. The number of halogens is 2. The van der Waals surface area contributed by atoms with Crippen LogP contribution in [0.15, 0.2) is 71.8 Å². The van der Waals surface area contributed by atoms with Gasteiger partial charge in [-0.2, -0.15) is 0 Å². The number of aromatic amines is 1. The lowest BCUT2D eigenvalue weighted by atomic mass is 10.1. The number of H-pyrrole nitrogens is 1. The lowest BCUT2D eigenvalue weighted by Crippen LogP contribution is -2.33. The highest BCUT2D eigenvalue weighted by molar-refractivity contribution is 8.00. The van der Waals surface area contributed by atoms with E-state index in [-0.39, 0.29) is 6.03 Å². The van der Waals surface area contributed by atoms with E-state index in [1.54, 1.807) is 18.0 Å². The molecule has 0 spiro atoms. The van der Waals surface area contributed by atoms with Gasteiger partial charge in [0.25, 0.3) is 0 Å². The predicted molar refractivity (Wildman–Crippen MR) is 130 cm³/mol. The van der Waals surface area contributed by atoms with Gasteiger partial charge in [-0.3, -0.25) is 0 Å². The number of amides is 2. The second-order valence-electron chi connectivity index (χ2n) is 8.10. The van der Waals surface area contributed by atoms with Crippen LogP contribution in [0.4, 0.5) is 30.6 Å². The van der Waals surface area contributed by atoms with Crippen LogP contribution in [0.5, 0.6) is 0 Å². The second-order valence-corrected chi connectivity index (χ2v) is 9.58. The first kappa shape index (κ1) is 21.3. The fourth-order valence-corrected chi connectivity index (χ4v) is 5.28. The van der Waals surface area contributed by atoms with E-state index in [0.717, 1.165) is 34.1 Å². The molecule has 0 saturated carbocycles. The number of hydrogen-bond acceptors (Lipinski definition) is 3. The Hall–Kier alpha value is -3.52. The highest BCUT2D eigenvalue weighted by Crippen LogP contribution is 2.40. The zero-order valence-electron chi connectivity index (χ0n) is 17.9. The van der Waals surface area contributed by atoms with Gasteiger partial charge in [-0.05, 0) is 42.0 Å². The van der Waals surface area contributed by atoms with Crippen molar-refractivity contribution in [2.24, 2.45) is 0 Å². The zero-order valence-corrected chi connectivity index (χ0v) is 18.7. The van der Waals surface area contributed by atoms with Crippen LogP contribution < -0.4 is 15.5 Å². The molecule has 0 fully saturated rings. The van der Waals surface area contributed by atoms with Gasteiger partial charge in [0, 0.05) is 52.1 Å². The molecule has 1 aromatic heterocycles. The van der Waals surface area contributed by atoms with Gasteiger partial charge in [0.15, 0.2) is 0 Å². The molecular weight excluding hydrogens is 442 g/mol. The van der Waals surface area contributed by atoms with Crippen molar-refractivity contribution in [1.29, 1.82) is 0 Å². The van der Waals surface area contributed by atoms with Crippen molar-refractivity contribution >= 4 is 45.8 Å². The molecular formula is C25H22F2N4OS. The molecule has 5 nitrogen and oxygen atoms in total. The highest BCUT2D eigenvalue weighted by atomic mass is 32.2. The number of thioether (sulfide) groups is 1. The summed E-state index contributed by atoms with van der Waals surface area (Å²) in [6.07, 6.45) is 1.76. The Morgan fingerprint density at radius 1 is 1.09 bits per heavy atom. The average Bonchev–Trinajstić information content (AvgIpc) is 3.16. The van der Waals surface area contributed by atoms with Crippen LogP contribution in [-0.2, 0) is 6.54 Å². The van der Waals surface area contributed by atoms with Crippen LogP contribution in [0.3, 0.4) is 0 Å². The number of para-hydroxylation sites is 1. The van der Waals surface area contributed by atoms with Gasteiger partial charge in [-0.15, -0.1) is 11.8 Å². The Balaban J connectivity index is 1.36. The van der Waals surface area contributed by atoms with E-state index in [9.17, 15) is 13.6 Å². The van der Waals surface area contributed by atoms with E-state index < -0.39 is 11.6 Å². The van der Waals surface area contributed by atoms with E-state index in [0.29, 0.717) is 28.7 Å². The van der Waals surface area contributed by atoms with Crippen LogP contribution in [0.2, 0.25) is 0 Å². The number of fused-ring (bicyclic) bond motifs is 2. The summed E-state index contributed by atoms with van der Waals surface area (Å²) in [6.45, 7) is 3.21. The molecule has 4 aromatic rings. The van der Waals surface area contributed by atoms with Gasteiger partial charge in [0.2, 0.25) is 0 Å². The molecule has 0 aliphatic carbocycles. The predicted octanol–water partition coefficient (Wildman–Crippen LogP) is 6.59. The van der Waals surface area contributed by atoms with Crippen molar-refractivity contribution in [2.75, 3.05) is 22.1 Å². The molecule has 0 radical (unpaired) electrons. The maximum atomic E-state index is 13.7. The number of anilines is 3. The summed E-state index contributed by atoms with van der Waals surface area (Å²) in [5.41, 5.74) is 3.76. The largest absolute Gasteiger partial charge is 0.365 e. The topological polar surface area (TPSA) is 60.2 Å². The summed E-state index contributed by atoms with van der Waals surface area (Å²) in [5.74, 6) is -1.18. The number of rotatable bonds is 4. The van der Waals surface area contributed by atoms with Gasteiger partial charge < -0.3 is 20.5 Å². The maximum absolute atomic E-state index is 13.7. The van der Waals surface area contributed by atoms with Gasteiger partial charge >= 0.3 is 6.03 Å². The van der Waals surface area contributed by atoms with Crippen molar-refractivity contribution in [3.63, 3.8) is 0 Å². The van der Waals surface area contributed by atoms with Gasteiger partial charge in [0.1, 0.15) is 11.6 Å². The number of nitrogens with one attached hydrogen (secondary N) is 3. The lowest BCUT2D eigenvalue weighted by molar-refractivity contribution is 0.262. The second kappa shape index (κ2) is 8.78. The molecule has 3 aromatic carbocycles. The van der Waals surface area contributed by atoms with Crippen LogP contribution in [0, 0.1) is 11.6 Å². The summed E-state index contributed by atoms with van der Waals surface area (Å²) in [4.78, 5) is 18.9. The number of carbonyl (C=O) groups excluding carboxylic acids is 1. The molecule has 2 heterocycles. The third kappa shape index (κ3) is 4.66. The van der Waals surface area contributed by atoms with Crippen molar-refractivity contribution < 1.29 is 13.6 Å². The van der Waals surface area contributed by atoms with Crippen molar-refractivity contribution in [3.05, 3.63) is 84.1 Å². The minimum atomic E-state index is -0.589. The van der Waals surface area contributed by atoms with Crippen molar-refractivity contribution in [2.45, 2.75) is 23.6 Å². The Morgan fingerprint density at radius 2 is 1.88 bits per heavy atom. The molecule has 1 unspecified atom stereocenters. The molecule has 1 aliphatic rings. The molecule has 168 valence electrons. The molecule has 0 saturated heterocycles. The summed E-state index contributed by atoms with van der Waals surface area (Å²) in [6, 6.07) is 16.7. The SMILES string of the molecule is CC1CN(Cc2cc(F)cc(F)c2)c2cc(NC(=O)Nc3c[nH]c4ccccc34)ccc2S1. The first-order chi connectivity index (χ1) is 15.9. The van der Waals surface area contributed by atoms with Gasteiger partial charge in [-0.25, -0.2) is 13.6 Å². The molecule has 1 atom stereocenters. The molecule has 5 rings (SSSR count). The van der Waals surface area contributed by atoms with Crippen molar-refractivity contribution in [1.82, 2.24) is 4.98 Å². The Labute approximate surface area is 194 Å². The van der Waals surface area contributed by atoms with Crippen LogP contribution in [-0.4, -0.2) is 22.8 Å². The number of urea groups is 1. The quantitative estimate of drug-likeness (QED) is 0.319. The fraction of sp³-hybridized carbons (Fsp3) is 0.160. The number of nitrogens with zero attached hydrogens (tertiary/aromatic N) is 1. The first-order valence-electron chi connectivity index (χ1n) is 10.6. The first-order valence-corrected chi connectivity index (χ1v) is 11.5. The van der Waals surface area contributed by atoms with Gasteiger partial charge in [0.05, 0.1) is 11.4 Å². The summed E-state index contributed by atoms with van der Waals surface area (Å²) in [7, 11) is 0. The fourth-order valence-electron chi connectivity index (χ4n) is 4.14. The van der Waals surface area contributed by atoms with Crippen LogP contribution >= 0.6 is 11.8 Å². The molecule has 33 heavy (non-hydrogen) atoms. The number of carbonyl (C=O) groups is 1. The van der Waals surface area contributed by atoms with E-state index >= 15 is 0 Å². The van der Waals surface area contributed by atoms with Crippen LogP contribution in [0.25, 0.3) is 10.9 Å². The third-order valence-electron chi connectivity index (χ3n) is 5.50. The molecule has 3 N–H and O–H groups in total. The van der Waals surface area contributed by atoms with E-state index in [1.165, 1.54) is 12.1 Å². The number of aromatic nitrogens is 1. The Bertz CT molecular complexity index is 1320. The maximum Gasteiger partial charge on any atom is 0.323 e. The molecule has 2 amide bonds. The third-order valence-corrected chi connectivity index (χ3v) is 6.65. The van der Waals surface area contributed by atoms with Gasteiger partial charge in [-0.1, -0.05) is 25.1 Å². The molecule has 0 bridgehead atoms. The van der Waals surface area contributed by atoms with Crippen molar-refractivity contribution in [3.8, 4) is 0 Å². The number of hydrogen-bond donors (Lipinski definition) is 3. The van der Waals surface area contributed by atoms with Crippen LogP contribution in [0.1, 0.15) is 12.5 Å². The summed E-state index contributed by atoms with van der Waals surface area (Å²) in [5, 5.41) is 7.02. The smallest absolute Gasteiger partial charge is 0.323 e. The Morgan fingerprint density at radius 3 is 2.70 bits per heavy atom. The molecule has 8 heteroatoms. The number of benzene rings is 3. The normalized spacial score (nSPS) is 15.4. The summed E-state index contributed by atoms with van der Waals surface area (Å²) >= 11 is 1.74. The lowest BCUT2D eigenvalue weighted by Gasteiger charge is -2.34. The summed E-state index contributed by atoms with van der Waals surface area (Å²) < 4.78 is 27.4. The molecule has 1 aliphatic heterocycles. The van der Waals surface area contributed by atoms with E-state index in [4.69, 9.17) is 0 Å². The zero-order chi connectivity index (χ0) is 22.9. The minimum absolute atomic E-state index is 0.319. The average molecular weight is 465 g/mol.